The summed E-state index contributed by atoms with van der Waals surface area (Å²) in [7, 11) is 2.73. The second-order valence-electron chi connectivity index (χ2n) is 7.34. The Morgan fingerprint density at radius 1 is 0.815 bits per heavy atom. The summed E-state index contributed by atoms with van der Waals surface area (Å²) in [5.74, 6) is -0.516. The van der Waals surface area contributed by atoms with Crippen LogP contribution in [-0.2, 0) is 23.8 Å². The van der Waals surface area contributed by atoms with Crippen molar-refractivity contribution in [2.24, 2.45) is 0 Å². The number of rotatable bonds is 13. The molecule has 0 spiro atoms. The maximum absolute atomic E-state index is 11.5. The van der Waals surface area contributed by atoms with Crippen LogP contribution in [-0.4, -0.2) is 68.9 Å². The van der Waals surface area contributed by atoms with Gasteiger partial charge in [0.25, 0.3) is 0 Å². The monoisotopic (exact) mass is 388 g/mol. The van der Waals surface area contributed by atoms with Crippen LogP contribution in [0.25, 0.3) is 0 Å². The first-order chi connectivity index (χ1) is 12.7. The Bertz CT molecular complexity index is 428. The number of nitrogens with zero attached hydrogens (tertiary/aromatic N) is 1. The van der Waals surface area contributed by atoms with Gasteiger partial charge in [-0.15, -0.1) is 0 Å². The lowest BCUT2D eigenvalue weighted by molar-refractivity contribution is -0.141. The lowest BCUT2D eigenvalue weighted by Gasteiger charge is -2.21. The summed E-state index contributed by atoms with van der Waals surface area (Å²) in [6, 6.07) is 0. The predicted molar refractivity (Wildman–Crippen MR) is 102 cm³/mol. The van der Waals surface area contributed by atoms with E-state index < -0.39 is 5.60 Å². The van der Waals surface area contributed by atoms with Gasteiger partial charge < -0.3 is 24.4 Å². The number of hydrogen-bond donors (Lipinski definition) is 1. The van der Waals surface area contributed by atoms with Crippen LogP contribution >= 0.6 is 0 Å². The molecule has 0 saturated heterocycles. The SMILES string of the molecule is COC(=O)CCN(CCCCCCNC(=O)OC(C)(C)C)CCC(=O)OC. The molecule has 0 unspecified atom stereocenters. The molecule has 0 aromatic carbocycles. The van der Waals surface area contributed by atoms with E-state index >= 15 is 0 Å². The molecule has 0 saturated carbocycles. The van der Waals surface area contributed by atoms with Crippen molar-refractivity contribution in [2.45, 2.75) is 64.9 Å². The molecular weight excluding hydrogens is 352 g/mol. The summed E-state index contributed by atoms with van der Waals surface area (Å²) in [4.78, 5) is 36.2. The number of ether oxygens (including phenoxy) is 3. The maximum atomic E-state index is 11.5. The highest BCUT2D eigenvalue weighted by Gasteiger charge is 2.15. The molecule has 0 heterocycles. The summed E-state index contributed by atoms with van der Waals surface area (Å²) in [5.41, 5.74) is -0.484. The van der Waals surface area contributed by atoms with Crippen molar-refractivity contribution < 1.29 is 28.6 Å². The average Bonchev–Trinajstić information content (AvgIpc) is 2.60. The lowest BCUT2D eigenvalue weighted by atomic mass is 10.2. The minimum atomic E-state index is -0.484. The molecule has 0 rings (SSSR count). The zero-order valence-electron chi connectivity index (χ0n) is 17.5. The fourth-order valence-electron chi connectivity index (χ4n) is 2.36. The van der Waals surface area contributed by atoms with E-state index in [1.54, 1.807) is 0 Å². The van der Waals surface area contributed by atoms with E-state index in [9.17, 15) is 14.4 Å². The number of nitrogens with one attached hydrogen (secondary N) is 1. The molecule has 0 bridgehead atoms. The molecular formula is C19H36N2O6. The second-order valence-corrected chi connectivity index (χ2v) is 7.34. The highest BCUT2D eigenvalue weighted by atomic mass is 16.6. The van der Waals surface area contributed by atoms with Crippen LogP contribution < -0.4 is 5.32 Å². The van der Waals surface area contributed by atoms with Crippen LogP contribution in [0.15, 0.2) is 0 Å². The molecule has 0 fully saturated rings. The van der Waals surface area contributed by atoms with Crippen molar-refractivity contribution in [2.75, 3.05) is 40.4 Å². The van der Waals surface area contributed by atoms with Gasteiger partial charge in [0.1, 0.15) is 5.60 Å². The first-order valence-electron chi connectivity index (χ1n) is 9.50. The molecule has 0 aromatic heterocycles. The van der Waals surface area contributed by atoms with E-state index in [0.717, 1.165) is 32.2 Å². The standard InChI is InChI=1S/C19H36N2O6/c1-19(2,3)27-18(24)20-12-8-6-7-9-13-21(14-10-16(22)25-4)15-11-17(23)26-5/h6-15H2,1-5H3,(H,20,24). The molecule has 27 heavy (non-hydrogen) atoms. The molecule has 1 N–H and O–H groups in total. The molecule has 8 nitrogen and oxygen atoms in total. The topological polar surface area (TPSA) is 94.2 Å². The van der Waals surface area contributed by atoms with Crippen molar-refractivity contribution in [3.8, 4) is 0 Å². The molecule has 0 aliphatic rings. The maximum Gasteiger partial charge on any atom is 0.407 e. The Hall–Kier alpha value is -1.83. The van der Waals surface area contributed by atoms with Gasteiger partial charge in [-0.1, -0.05) is 12.8 Å². The number of methoxy groups -OCH3 is 2. The van der Waals surface area contributed by atoms with Crippen LogP contribution in [0.2, 0.25) is 0 Å². The highest BCUT2D eigenvalue weighted by molar-refractivity contribution is 5.70. The van der Waals surface area contributed by atoms with Crippen LogP contribution in [0, 0.1) is 0 Å². The minimum Gasteiger partial charge on any atom is -0.469 e. The Labute approximate surface area is 162 Å². The normalized spacial score (nSPS) is 11.2. The minimum absolute atomic E-state index is 0.258. The van der Waals surface area contributed by atoms with Gasteiger partial charge >= 0.3 is 18.0 Å². The van der Waals surface area contributed by atoms with Gasteiger partial charge in [0.15, 0.2) is 0 Å². The molecule has 158 valence electrons. The van der Waals surface area contributed by atoms with Gasteiger partial charge in [0.2, 0.25) is 0 Å². The van der Waals surface area contributed by atoms with Crippen LogP contribution in [0.5, 0.6) is 0 Å². The van der Waals surface area contributed by atoms with Crippen molar-refractivity contribution in [1.29, 1.82) is 0 Å². The quantitative estimate of drug-likeness (QED) is 0.294. The molecule has 0 atom stereocenters. The number of carbonyl (C=O) groups excluding carboxylic acids is 3. The van der Waals surface area contributed by atoms with Gasteiger partial charge in [-0.25, -0.2) is 4.79 Å². The second kappa shape index (κ2) is 14.3. The van der Waals surface area contributed by atoms with E-state index in [-0.39, 0.29) is 18.0 Å². The number of esters is 2. The van der Waals surface area contributed by atoms with E-state index in [0.29, 0.717) is 32.5 Å². The number of carbonyl (C=O) groups is 3. The molecule has 1 amide bonds. The van der Waals surface area contributed by atoms with Crippen LogP contribution in [0.3, 0.4) is 0 Å². The Morgan fingerprint density at radius 2 is 1.33 bits per heavy atom. The fraction of sp³-hybridized carbons (Fsp3) is 0.842. The number of unbranched alkanes of at least 4 members (excludes halogenated alkanes) is 3. The third-order valence-corrected chi connectivity index (χ3v) is 3.79. The Kier molecular flexibility index (Phi) is 13.3. The van der Waals surface area contributed by atoms with Crippen molar-refractivity contribution in [3.05, 3.63) is 0 Å². The van der Waals surface area contributed by atoms with Gasteiger partial charge in [0, 0.05) is 19.6 Å². The molecule has 0 aliphatic carbocycles. The largest absolute Gasteiger partial charge is 0.469 e. The third kappa shape index (κ3) is 16.1. The zero-order chi connectivity index (χ0) is 20.7. The van der Waals surface area contributed by atoms with Gasteiger partial charge in [-0.3, -0.25) is 9.59 Å². The smallest absolute Gasteiger partial charge is 0.407 e. The van der Waals surface area contributed by atoms with Gasteiger partial charge in [-0.2, -0.15) is 0 Å². The fourth-order valence-corrected chi connectivity index (χ4v) is 2.36. The third-order valence-electron chi connectivity index (χ3n) is 3.79. The summed E-state index contributed by atoms with van der Waals surface area (Å²) in [6.07, 6.45) is 4.03. The summed E-state index contributed by atoms with van der Waals surface area (Å²) >= 11 is 0. The van der Waals surface area contributed by atoms with Gasteiger partial charge in [0.05, 0.1) is 27.1 Å². The first-order valence-corrected chi connectivity index (χ1v) is 9.50. The van der Waals surface area contributed by atoms with Gasteiger partial charge in [-0.05, 0) is 40.2 Å². The summed E-state index contributed by atoms with van der Waals surface area (Å²) < 4.78 is 14.5. The molecule has 0 aromatic rings. The Balaban J connectivity index is 3.94. The zero-order valence-corrected chi connectivity index (χ0v) is 17.5. The van der Waals surface area contributed by atoms with Crippen LogP contribution in [0.4, 0.5) is 4.79 Å². The van der Waals surface area contributed by atoms with E-state index in [2.05, 4.69) is 19.7 Å². The lowest BCUT2D eigenvalue weighted by Crippen LogP contribution is -2.33. The Morgan fingerprint density at radius 3 is 1.81 bits per heavy atom. The van der Waals surface area contributed by atoms with E-state index in [1.807, 2.05) is 20.8 Å². The first kappa shape index (κ1) is 25.2. The van der Waals surface area contributed by atoms with Crippen molar-refractivity contribution in [3.63, 3.8) is 0 Å². The predicted octanol–water partition coefficient (Wildman–Crippen LogP) is 2.50. The van der Waals surface area contributed by atoms with E-state index in [1.165, 1.54) is 14.2 Å². The average molecular weight is 389 g/mol. The number of amides is 1. The highest BCUT2D eigenvalue weighted by Crippen LogP contribution is 2.07. The van der Waals surface area contributed by atoms with Crippen LogP contribution in [0.1, 0.15) is 59.3 Å². The summed E-state index contributed by atoms with van der Waals surface area (Å²) in [6.45, 7) is 8.00. The summed E-state index contributed by atoms with van der Waals surface area (Å²) in [5, 5.41) is 2.74. The number of alkyl carbamates (subject to hydrolysis) is 1. The van der Waals surface area contributed by atoms with Crippen molar-refractivity contribution in [1.82, 2.24) is 10.2 Å². The van der Waals surface area contributed by atoms with E-state index in [4.69, 9.17) is 4.74 Å². The molecule has 8 heteroatoms. The molecule has 0 radical (unpaired) electrons. The van der Waals surface area contributed by atoms with Crippen molar-refractivity contribution >= 4 is 18.0 Å². The number of hydrogen-bond acceptors (Lipinski definition) is 7. The molecule has 0 aliphatic heterocycles.